The van der Waals surface area contributed by atoms with Crippen LogP contribution in [0.4, 0.5) is 0 Å². The van der Waals surface area contributed by atoms with Crippen LogP contribution < -0.4 is 0 Å². The van der Waals surface area contributed by atoms with Crippen LogP contribution in [0.1, 0.15) is 77.6 Å². The molecule has 0 aliphatic carbocycles. The number of unbranched alkanes of at least 4 members (excludes halogenated alkanes) is 6. The Balaban J connectivity index is 3.20. The highest BCUT2D eigenvalue weighted by Gasteiger charge is 2.04. The van der Waals surface area contributed by atoms with E-state index < -0.39 is 5.97 Å². The number of aliphatic carboxylic acids is 1. The standard InChI is InChI=1S/C25H46O10/c1-2-3-4-5-6-7-11-24(28)34-21-19-32-17-15-30-13-14-31-16-18-33-20-22-35-25(29)12-9-8-10-23(26)27/h2-22H2,1H3,(H,26,27). The number of carboxylic acid groups (broad SMARTS) is 1. The van der Waals surface area contributed by atoms with Gasteiger partial charge in [0, 0.05) is 19.3 Å². The second-order valence-electron chi connectivity index (χ2n) is 8.01. The lowest BCUT2D eigenvalue weighted by Gasteiger charge is -2.08. The van der Waals surface area contributed by atoms with Crippen LogP contribution in [0.15, 0.2) is 0 Å². The van der Waals surface area contributed by atoms with E-state index in [0.29, 0.717) is 65.5 Å². The molecule has 0 aliphatic heterocycles. The van der Waals surface area contributed by atoms with Crippen molar-refractivity contribution in [3.63, 3.8) is 0 Å². The van der Waals surface area contributed by atoms with E-state index >= 15 is 0 Å². The molecule has 0 aromatic rings. The molecule has 0 amide bonds. The van der Waals surface area contributed by atoms with Crippen LogP contribution in [-0.2, 0) is 42.8 Å². The van der Waals surface area contributed by atoms with Gasteiger partial charge in [0.05, 0.1) is 52.9 Å². The summed E-state index contributed by atoms with van der Waals surface area (Å²) >= 11 is 0. The predicted molar refractivity (Wildman–Crippen MR) is 129 cm³/mol. The third-order valence-corrected chi connectivity index (χ3v) is 4.85. The summed E-state index contributed by atoms with van der Waals surface area (Å²) in [4.78, 5) is 33.4. The van der Waals surface area contributed by atoms with Crippen molar-refractivity contribution in [2.24, 2.45) is 0 Å². The Hall–Kier alpha value is -1.75. The van der Waals surface area contributed by atoms with Crippen molar-refractivity contribution in [1.29, 1.82) is 0 Å². The zero-order valence-electron chi connectivity index (χ0n) is 21.5. The van der Waals surface area contributed by atoms with E-state index in [4.69, 9.17) is 33.5 Å². The first kappa shape index (κ1) is 33.2. The molecule has 0 aromatic heterocycles. The number of esters is 2. The molecular formula is C25H46O10. The Morgan fingerprint density at radius 3 is 1.26 bits per heavy atom. The first-order valence-corrected chi connectivity index (χ1v) is 12.9. The Morgan fingerprint density at radius 1 is 0.486 bits per heavy atom. The largest absolute Gasteiger partial charge is 0.481 e. The highest BCUT2D eigenvalue weighted by molar-refractivity contribution is 5.70. The van der Waals surface area contributed by atoms with Gasteiger partial charge in [0.15, 0.2) is 0 Å². The summed E-state index contributed by atoms with van der Waals surface area (Å²) in [7, 11) is 0. The highest BCUT2D eigenvalue weighted by Crippen LogP contribution is 2.07. The van der Waals surface area contributed by atoms with Gasteiger partial charge in [-0.1, -0.05) is 39.0 Å². The summed E-state index contributed by atoms with van der Waals surface area (Å²) < 4.78 is 31.6. The van der Waals surface area contributed by atoms with E-state index in [9.17, 15) is 14.4 Å². The van der Waals surface area contributed by atoms with E-state index in [0.717, 1.165) is 12.8 Å². The van der Waals surface area contributed by atoms with E-state index in [1.54, 1.807) is 0 Å². The molecule has 1 N–H and O–H groups in total. The van der Waals surface area contributed by atoms with Gasteiger partial charge < -0.3 is 33.5 Å². The number of carbonyl (C=O) groups excluding carboxylic acids is 2. The maximum absolute atomic E-state index is 11.6. The maximum Gasteiger partial charge on any atom is 0.305 e. The SMILES string of the molecule is CCCCCCCCC(=O)OCCOCCOCCOCCOCCOC(=O)CCCCC(=O)O. The summed E-state index contributed by atoms with van der Waals surface area (Å²) in [5, 5.41) is 8.52. The van der Waals surface area contributed by atoms with Crippen molar-refractivity contribution in [1.82, 2.24) is 0 Å². The lowest BCUT2D eigenvalue weighted by molar-refractivity contribution is -0.146. The van der Waals surface area contributed by atoms with E-state index in [1.807, 2.05) is 0 Å². The molecule has 0 bridgehead atoms. The number of carboxylic acids is 1. The Labute approximate surface area is 209 Å². The van der Waals surface area contributed by atoms with Crippen molar-refractivity contribution in [3.05, 3.63) is 0 Å². The molecule has 0 radical (unpaired) electrons. The van der Waals surface area contributed by atoms with Crippen molar-refractivity contribution in [3.8, 4) is 0 Å². The molecule has 0 heterocycles. The molecule has 10 heteroatoms. The molecule has 0 rings (SSSR count). The number of hydrogen-bond donors (Lipinski definition) is 1. The second-order valence-corrected chi connectivity index (χ2v) is 8.01. The van der Waals surface area contributed by atoms with Crippen molar-refractivity contribution in [2.45, 2.75) is 77.6 Å². The average Bonchev–Trinajstić information content (AvgIpc) is 2.83. The first-order valence-electron chi connectivity index (χ1n) is 12.9. The number of ether oxygens (including phenoxy) is 6. The molecule has 0 fully saturated rings. The summed E-state index contributed by atoms with van der Waals surface area (Å²) in [6.07, 6.45) is 8.60. The Kier molecular flexibility index (Phi) is 25.5. The van der Waals surface area contributed by atoms with Crippen LogP contribution in [0.5, 0.6) is 0 Å². The normalized spacial score (nSPS) is 10.9. The first-order chi connectivity index (χ1) is 17.1. The Morgan fingerprint density at radius 2 is 0.829 bits per heavy atom. The van der Waals surface area contributed by atoms with Crippen LogP contribution in [0, 0.1) is 0 Å². The van der Waals surface area contributed by atoms with Gasteiger partial charge in [0.1, 0.15) is 13.2 Å². The van der Waals surface area contributed by atoms with Gasteiger partial charge in [-0.2, -0.15) is 0 Å². The van der Waals surface area contributed by atoms with E-state index in [2.05, 4.69) is 6.92 Å². The summed E-state index contributed by atoms with van der Waals surface area (Å²) in [6, 6.07) is 0. The summed E-state index contributed by atoms with van der Waals surface area (Å²) in [6.45, 7) is 5.80. The minimum absolute atomic E-state index is 0.0627. The minimum atomic E-state index is -0.862. The van der Waals surface area contributed by atoms with Crippen LogP contribution in [0.25, 0.3) is 0 Å². The summed E-state index contributed by atoms with van der Waals surface area (Å²) in [5.74, 6) is -1.37. The zero-order valence-corrected chi connectivity index (χ0v) is 21.5. The van der Waals surface area contributed by atoms with Gasteiger partial charge in [-0.25, -0.2) is 0 Å². The Bertz CT molecular complexity index is 512. The molecule has 0 unspecified atom stereocenters. The number of hydrogen-bond acceptors (Lipinski definition) is 9. The van der Waals surface area contributed by atoms with Gasteiger partial charge in [0.2, 0.25) is 0 Å². The molecule has 0 atom stereocenters. The third kappa shape index (κ3) is 28.4. The fourth-order valence-corrected chi connectivity index (χ4v) is 2.93. The highest BCUT2D eigenvalue weighted by atomic mass is 16.6. The monoisotopic (exact) mass is 506 g/mol. The lowest BCUT2D eigenvalue weighted by Crippen LogP contribution is -2.15. The van der Waals surface area contributed by atoms with Crippen LogP contribution in [0.2, 0.25) is 0 Å². The van der Waals surface area contributed by atoms with Crippen molar-refractivity contribution >= 4 is 17.9 Å². The zero-order chi connectivity index (χ0) is 25.8. The summed E-state index contributed by atoms with van der Waals surface area (Å²) in [5.41, 5.74) is 0. The smallest absolute Gasteiger partial charge is 0.305 e. The lowest BCUT2D eigenvalue weighted by atomic mass is 10.1. The van der Waals surface area contributed by atoms with Crippen LogP contribution in [0.3, 0.4) is 0 Å². The van der Waals surface area contributed by atoms with Gasteiger partial charge in [-0.15, -0.1) is 0 Å². The molecule has 0 spiro atoms. The quantitative estimate of drug-likeness (QED) is 0.131. The van der Waals surface area contributed by atoms with Crippen LogP contribution >= 0.6 is 0 Å². The molecule has 10 nitrogen and oxygen atoms in total. The molecule has 0 aliphatic rings. The predicted octanol–water partition coefficient (Wildman–Crippen LogP) is 3.53. The molecule has 0 aromatic carbocycles. The van der Waals surface area contributed by atoms with Gasteiger partial charge in [-0.3, -0.25) is 14.4 Å². The maximum atomic E-state index is 11.6. The molecule has 206 valence electrons. The van der Waals surface area contributed by atoms with Crippen LogP contribution in [-0.4, -0.2) is 89.1 Å². The van der Waals surface area contributed by atoms with Gasteiger partial charge >= 0.3 is 17.9 Å². The molecule has 0 saturated heterocycles. The topological polar surface area (TPSA) is 127 Å². The van der Waals surface area contributed by atoms with E-state index in [1.165, 1.54) is 25.7 Å². The fraction of sp³-hybridized carbons (Fsp3) is 0.880. The number of rotatable bonds is 27. The van der Waals surface area contributed by atoms with Gasteiger partial charge in [0.25, 0.3) is 0 Å². The third-order valence-electron chi connectivity index (χ3n) is 4.85. The van der Waals surface area contributed by atoms with Gasteiger partial charge in [-0.05, 0) is 19.3 Å². The number of carbonyl (C=O) groups is 3. The van der Waals surface area contributed by atoms with Crippen molar-refractivity contribution in [2.75, 3.05) is 66.1 Å². The average molecular weight is 507 g/mol. The van der Waals surface area contributed by atoms with Crippen molar-refractivity contribution < 1.29 is 47.9 Å². The van der Waals surface area contributed by atoms with E-state index in [-0.39, 0.29) is 44.6 Å². The second kappa shape index (κ2) is 26.8. The molecule has 0 saturated carbocycles. The minimum Gasteiger partial charge on any atom is -0.481 e. The molecular weight excluding hydrogens is 460 g/mol. The fourth-order valence-electron chi connectivity index (χ4n) is 2.93. The molecule has 35 heavy (non-hydrogen) atoms.